The standard InChI is InChI=1S/C16H17N3O4/c1-2-23-14(20)8-13(15(17)21)19-16(22)11-7-10-5-3-4-6-12(10)18-9-11/h3-7,9,13H,2,8H2,1H3,(H2,17,21)(H,19,22)/t13-/m1/s1. The molecule has 2 amide bonds. The molecular weight excluding hydrogens is 298 g/mol. The highest BCUT2D eigenvalue weighted by Gasteiger charge is 2.23. The lowest BCUT2D eigenvalue weighted by Gasteiger charge is -2.14. The van der Waals surface area contributed by atoms with Crippen LogP contribution in [0.4, 0.5) is 0 Å². The van der Waals surface area contributed by atoms with Gasteiger partial charge in [0.15, 0.2) is 0 Å². The van der Waals surface area contributed by atoms with Crippen molar-refractivity contribution in [2.24, 2.45) is 5.73 Å². The molecule has 0 fully saturated rings. The molecule has 1 heterocycles. The molecule has 2 rings (SSSR count). The van der Waals surface area contributed by atoms with Crippen molar-refractivity contribution < 1.29 is 19.1 Å². The summed E-state index contributed by atoms with van der Waals surface area (Å²) in [6.45, 7) is 1.84. The van der Waals surface area contributed by atoms with E-state index in [2.05, 4.69) is 10.3 Å². The summed E-state index contributed by atoms with van der Waals surface area (Å²) in [7, 11) is 0. The van der Waals surface area contributed by atoms with Gasteiger partial charge in [0, 0.05) is 11.6 Å². The highest BCUT2D eigenvalue weighted by molar-refractivity contribution is 6.00. The van der Waals surface area contributed by atoms with E-state index in [1.54, 1.807) is 13.0 Å². The van der Waals surface area contributed by atoms with Gasteiger partial charge in [0.2, 0.25) is 5.91 Å². The molecule has 3 N–H and O–H groups in total. The van der Waals surface area contributed by atoms with Gasteiger partial charge in [-0.05, 0) is 19.1 Å². The molecule has 0 saturated carbocycles. The number of carbonyl (C=O) groups is 3. The highest BCUT2D eigenvalue weighted by atomic mass is 16.5. The maximum absolute atomic E-state index is 12.2. The van der Waals surface area contributed by atoms with Crippen LogP contribution in [0, 0.1) is 0 Å². The molecule has 0 aliphatic rings. The van der Waals surface area contributed by atoms with Crippen LogP contribution in [0.1, 0.15) is 23.7 Å². The minimum atomic E-state index is -1.13. The number of hydrogen-bond acceptors (Lipinski definition) is 5. The van der Waals surface area contributed by atoms with Crippen LogP contribution in [-0.4, -0.2) is 35.4 Å². The second-order valence-electron chi connectivity index (χ2n) is 4.85. The summed E-state index contributed by atoms with van der Waals surface area (Å²) in [5.41, 5.74) is 6.25. The minimum absolute atomic E-state index is 0.187. The summed E-state index contributed by atoms with van der Waals surface area (Å²) in [6.07, 6.45) is 1.09. The Hall–Kier alpha value is -2.96. The van der Waals surface area contributed by atoms with E-state index < -0.39 is 23.8 Å². The molecular formula is C16H17N3O4. The number of amides is 2. The predicted octanol–water partition coefficient (Wildman–Crippen LogP) is 0.772. The summed E-state index contributed by atoms with van der Waals surface area (Å²) >= 11 is 0. The van der Waals surface area contributed by atoms with Crippen molar-refractivity contribution in [1.82, 2.24) is 10.3 Å². The zero-order valence-corrected chi connectivity index (χ0v) is 12.6. The number of para-hydroxylation sites is 1. The zero-order valence-electron chi connectivity index (χ0n) is 12.6. The molecule has 1 aromatic heterocycles. The lowest BCUT2D eigenvalue weighted by molar-refractivity contribution is -0.145. The van der Waals surface area contributed by atoms with E-state index >= 15 is 0 Å². The second-order valence-corrected chi connectivity index (χ2v) is 4.85. The topological polar surface area (TPSA) is 111 Å². The SMILES string of the molecule is CCOC(=O)C[C@@H](NC(=O)c1cnc2ccccc2c1)C(N)=O. The van der Waals surface area contributed by atoms with Crippen molar-refractivity contribution >= 4 is 28.7 Å². The average molecular weight is 315 g/mol. The van der Waals surface area contributed by atoms with Crippen molar-refractivity contribution in [3.8, 4) is 0 Å². The van der Waals surface area contributed by atoms with E-state index in [4.69, 9.17) is 10.5 Å². The molecule has 23 heavy (non-hydrogen) atoms. The lowest BCUT2D eigenvalue weighted by atomic mass is 10.1. The fourth-order valence-electron chi connectivity index (χ4n) is 2.05. The Bertz CT molecular complexity index is 745. The smallest absolute Gasteiger partial charge is 0.308 e. The number of ether oxygens (including phenoxy) is 1. The maximum atomic E-state index is 12.2. The Morgan fingerprint density at radius 1 is 1.30 bits per heavy atom. The second kappa shape index (κ2) is 7.35. The van der Waals surface area contributed by atoms with Crippen LogP contribution in [0.2, 0.25) is 0 Å². The summed E-state index contributed by atoms with van der Waals surface area (Å²) in [5.74, 6) is -1.94. The average Bonchev–Trinajstić information content (AvgIpc) is 2.53. The first-order valence-electron chi connectivity index (χ1n) is 7.12. The monoisotopic (exact) mass is 315 g/mol. The maximum Gasteiger partial charge on any atom is 0.308 e. The largest absolute Gasteiger partial charge is 0.466 e. The summed E-state index contributed by atoms with van der Waals surface area (Å²) < 4.78 is 4.76. The van der Waals surface area contributed by atoms with Gasteiger partial charge < -0.3 is 15.8 Å². The van der Waals surface area contributed by atoms with E-state index in [0.717, 1.165) is 10.9 Å². The number of nitrogens with two attached hydrogens (primary N) is 1. The number of nitrogens with zero attached hydrogens (tertiary/aromatic N) is 1. The number of fused-ring (bicyclic) bond motifs is 1. The van der Waals surface area contributed by atoms with Crippen molar-refractivity contribution in [3.63, 3.8) is 0 Å². The molecule has 120 valence electrons. The lowest BCUT2D eigenvalue weighted by Crippen LogP contribution is -2.45. The number of carbonyl (C=O) groups excluding carboxylic acids is 3. The Kier molecular flexibility index (Phi) is 5.24. The van der Waals surface area contributed by atoms with Crippen LogP contribution in [0.15, 0.2) is 36.5 Å². The quantitative estimate of drug-likeness (QED) is 0.765. The Morgan fingerprint density at radius 2 is 2.04 bits per heavy atom. The molecule has 2 aromatic rings. The van der Waals surface area contributed by atoms with Crippen LogP contribution < -0.4 is 11.1 Å². The number of nitrogens with one attached hydrogen (secondary N) is 1. The van der Waals surface area contributed by atoms with Gasteiger partial charge in [-0.25, -0.2) is 0 Å². The molecule has 0 spiro atoms. The Labute approximate surface area is 132 Å². The summed E-state index contributed by atoms with van der Waals surface area (Å²) in [4.78, 5) is 39.3. The molecule has 7 nitrogen and oxygen atoms in total. The molecule has 0 aliphatic carbocycles. The molecule has 1 atom stereocenters. The summed E-state index contributed by atoms with van der Waals surface area (Å²) in [5, 5.41) is 3.23. The number of aromatic nitrogens is 1. The number of hydrogen-bond donors (Lipinski definition) is 2. The highest BCUT2D eigenvalue weighted by Crippen LogP contribution is 2.12. The molecule has 0 unspecified atom stereocenters. The van der Waals surface area contributed by atoms with Crippen molar-refractivity contribution in [2.75, 3.05) is 6.61 Å². The number of benzene rings is 1. The predicted molar refractivity (Wildman–Crippen MR) is 83.4 cm³/mol. The summed E-state index contributed by atoms with van der Waals surface area (Å²) in [6, 6.07) is 7.84. The normalized spacial score (nSPS) is 11.7. The van der Waals surface area contributed by atoms with Crippen LogP contribution in [-0.2, 0) is 14.3 Å². The van der Waals surface area contributed by atoms with Gasteiger partial charge in [-0.15, -0.1) is 0 Å². The van der Waals surface area contributed by atoms with Crippen LogP contribution in [0.5, 0.6) is 0 Å². The Balaban J connectivity index is 2.13. The van der Waals surface area contributed by atoms with Crippen molar-refractivity contribution in [1.29, 1.82) is 0 Å². The fraction of sp³-hybridized carbons (Fsp3) is 0.250. The van der Waals surface area contributed by atoms with E-state index in [1.807, 2.05) is 24.3 Å². The van der Waals surface area contributed by atoms with Crippen molar-refractivity contribution in [2.45, 2.75) is 19.4 Å². The van der Waals surface area contributed by atoms with Crippen LogP contribution in [0.3, 0.4) is 0 Å². The number of esters is 1. The first-order chi connectivity index (χ1) is 11.0. The van der Waals surface area contributed by atoms with Crippen LogP contribution in [0.25, 0.3) is 10.9 Å². The molecule has 0 bridgehead atoms. The third kappa shape index (κ3) is 4.26. The van der Waals surface area contributed by atoms with Crippen LogP contribution >= 0.6 is 0 Å². The number of primary amides is 1. The fourth-order valence-corrected chi connectivity index (χ4v) is 2.05. The number of pyridine rings is 1. The van der Waals surface area contributed by atoms with Crippen molar-refractivity contribution in [3.05, 3.63) is 42.1 Å². The van der Waals surface area contributed by atoms with E-state index in [9.17, 15) is 14.4 Å². The third-order valence-electron chi connectivity index (χ3n) is 3.18. The Morgan fingerprint density at radius 3 is 2.74 bits per heavy atom. The van der Waals surface area contributed by atoms with Gasteiger partial charge in [0.1, 0.15) is 6.04 Å². The molecule has 7 heteroatoms. The zero-order chi connectivity index (χ0) is 16.8. The van der Waals surface area contributed by atoms with Gasteiger partial charge >= 0.3 is 5.97 Å². The van der Waals surface area contributed by atoms with Gasteiger partial charge in [-0.2, -0.15) is 0 Å². The molecule has 1 aromatic carbocycles. The van der Waals surface area contributed by atoms with Gasteiger partial charge in [0.25, 0.3) is 5.91 Å². The molecule has 0 radical (unpaired) electrons. The van der Waals surface area contributed by atoms with E-state index in [-0.39, 0.29) is 18.6 Å². The third-order valence-corrected chi connectivity index (χ3v) is 3.18. The van der Waals surface area contributed by atoms with Gasteiger partial charge in [-0.1, -0.05) is 18.2 Å². The van der Waals surface area contributed by atoms with Gasteiger partial charge in [0.05, 0.1) is 24.1 Å². The molecule has 0 aliphatic heterocycles. The first kappa shape index (κ1) is 16.4. The minimum Gasteiger partial charge on any atom is -0.466 e. The molecule has 0 saturated heterocycles. The first-order valence-corrected chi connectivity index (χ1v) is 7.12. The van der Waals surface area contributed by atoms with E-state index in [0.29, 0.717) is 0 Å². The number of rotatable bonds is 6. The van der Waals surface area contributed by atoms with E-state index in [1.165, 1.54) is 6.20 Å². The van der Waals surface area contributed by atoms with Gasteiger partial charge in [-0.3, -0.25) is 19.4 Å².